The average Bonchev–Trinajstić information content (AvgIpc) is 2.27. The summed E-state index contributed by atoms with van der Waals surface area (Å²) in [6.07, 6.45) is 1.70. The van der Waals surface area contributed by atoms with Crippen LogP contribution in [0.4, 0.5) is 0 Å². The Morgan fingerprint density at radius 3 is 2.73 bits per heavy atom. The molecular weight excluding hydrogens is 277 g/mol. The molecule has 0 saturated carbocycles. The van der Waals surface area contributed by atoms with Crippen LogP contribution in [0, 0.1) is 0 Å². The number of fused-ring (bicyclic) bond motifs is 1. The second-order valence-electron chi connectivity index (χ2n) is 2.94. The van der Waals surface area contributed by atoms with Crippen molar-refractivity contribution in [1.82, 2.24) is 4.98 Å². The Morgan fingerprint density at radius 2 is 2.00 bits per heavy atom. The normalized spacial score (nSPS) is 9.67. The van der Waals surface area contributed by atoms with Gasteiger partial charge in [-0.15, -0.1) is 12.4 Å². The summed E-state index contributed by atoms with van der Waals surface area (Å²) < 4.78 is 0. The lowest BCUT2D eigenvalue weighted by Crippen LogP contribution is -2.01. The number of alkyl halides is 1. The largest absolute Gasteiger partial charge is 0.293 e. The minimum Gasteiger partial charge on any atom is -0.293 e. The Balaban J connectivity index is 0.00000112. The molecular formula is C11H9BrClNO. The number of hydrogen-bond acceptors (Lipinski definition) is 2. The van der Waals surface area contributed by atoms with Gasteiger partial charge >= 0.3 is 0 Å². The minimum absolute atomic E-state index is 0. The predicted molar refractivity (Wildman–Crippen MR) is 67.1 cm³/mol. The van der Waals surface area contributed by atoms with Crippen LogP contribution in [0.25, 0.3) is 10.9 Å². The van der Waals surface area contributed by atoms with Crippen LogP contribution in [0.2, 0.25) is 0 Å². The molecule has 0 atom stereocenters. The first-order valence-electron chi connectivity index (χ1n) is 4.26. The summed E-state index contributed by atoms with van der Waals surface area (Å²) in [7, 11) is 0. The zero-order valence-corrected chi connectivity index (χ0v) is 10.2. The van der Waals surface area contributed by atoms with Gasteiger partial charge in [-0.3, -0.25) is 9.78 Å². The zero-order valence-electron chi connectivity index (χ0n) is 7.81. The number of pyridine rings is 1. The monoisotopic (exact) mass is 285 g/mol. The molecule has 0 aliphatic heterocycles. The van der Waals surface area contributed by atoms with Gasteiger partial charge in [0.15, 0.2) is 5.78 Å². The lowest BCUT2D eigenvalue weighted by atomic mass is 10.1. The molecule has 0 spiro atoms. The molecule has 1 heterocycles. The number of benzene rings is 1. The maximum atomic E-state index is 11.5. The van der Waals surface area contributed by atoms with Crippen molar-refractivity contribution < 1.29 is 4.79 Å². The number of ketones is 1. The minimum atomic E-state index is 0. The number of para-hydroxylation sites is 1. The molecule has 1 aromatic heterocycles. The summed E-state index contributed by atoms with van der Waals surface area (Å²) in [5.74, 6) is 0.0642. The van der Waals surface area contributed by atoms with E-state index in [1.165, 1.54) is 0 Å². The van der Waals surface area contributed by atoms with Gasteiger partial charge in [-0.05, 0) is 12.1 Å². The Labute approximate surface area is 102 Å². The summed E-state index contributed by atoms with van der Waals surface area (Å²) in [5.41, 5.74) is 1.46. The first-order chi connectivity index (χ1) is 6.83. The molecule has 1 aromatic carbocycles. The van der Waals surface area contributed by atoms with E-state index in [-0.39, 0.29) is 18.2 Å². The maximum absolute atomic E-state index is 11.5. The van der Waals surface area contributed by atoms with Crippen LogP contribution < -0.4 is 0 Å². The summed E-state index contributed by atoms with van der Waals surface area (Å²) in [6.45, 7) is 0. The highest BCUT2D eigenvalue weighted by atomic mass is 79.9. The molecule has 0 aliphatic rings. The summed E-state index contributed by atoms with van der Waals surface area (Å²) in [5, 5.41) is 1.34. The fourth-order valence-electron chi connectivity index (χ4n) is 1.40. The van der Waals surface area contributed by atoms with Crippen LogP contribution in [0.1, 0.15) is 10.4 Å². The third kappa shape index (κ3) is 2.36. The number of Topliss-reactive ketones (excluding diaryl/α,β-unsaturated/α-hetero) is 1. The molecule has 0 aliphatic carbocycles. The summed E-state index contributed by atoms with van der Waals surface area (Å²) in [4.78, 5) is 15.7. The van der Waals surface area contributed by atoms with Crippen LogP contribution >= 0.6 is 28.3 Å². The highest BCUT2D eigenvalue weighted by Gasteiger charge is 2.08. The van der Waals surface area contributed by atoms with Gasteiger partial charge in [0.1, 0.15) is 0 Å². The third-order valence-corrected chi connectivity index (χ3v) is 2.56. The van der Waals surface area contributed by atoms with Crippen LogP contribution in [0.15, 0.2) is 36.5 Å². The van der Waals surface area contributed by atoms with Crippen LogP contribution in [-0.4, -0.2) is 16.1 Å². The van der Waals surface area contributed by atoms with Crippen molar-refractivity contribution in [3.8, 4) is 0 Å². The summed E-state index contributed by atoms with van der Waals surface area (Å²) >= 11 is 3.16. The molecule has 15 heavy (non-hydrogen) atoms. The lowest BCUT2D eigenvalue weighted by molar-refractivity contribution is 0.102. The van der Waals surface area contributed by atoms with Crippen molar-refractivity contribution in [2.24, 2.45) is 0 Å². The highest BCUT2D eigenvalue weighted by molar-refractivity contribution is 9.09. The number of carbonyl (C=O) groups is 1. The van der Waals surface area contributed by atoms with Crippen LogP contribution in [-0.2, 0) is 0 Å². The number of nitrogens with zero attached hydrogens (tertiary/aromatic N) is 1. The molecule has 2 rings (SSSR count). The molecule has 2 nitrogen and oxygen atoms in total. The van der Waals surface area contributed by atoms with Crippen LogP contribution in [0.3, 0.4) is 0 Å². The number of hydrogen-bond donors (Lipinski definition) is 0. The number of carbonyl (C=O) groups excluding carboxylic acids is 1. The van der Waals surface area contributed by atoms with E-state index in [1.54, 1.807) is 12.3 Å². The lowest BCUT2D eigenvalue weighted by Gasteiger charge is -2.01. The van der Waals surface area contributed by atoms with Gasteiger partial charge in [0.05, 0.1) is 10.8 Å². The van der Waals surface area contributed by atoms with E-state index in [4.69, 9.17) is 0 Å². The molecule has 0 unspecified atom stereocenters. The SMILES string of the molecule is Cl.O=C(CBr)c1cccc2cccnc12. The van der Waals surface area contributed by atoms with Gasteiger partial charge in [0.25, 0.3) is 0 Å². The molecule has 2 aromatic rings. The Bertz CT molecular complexity index is 481. The zero-order chi connectivity index (χ0) is 9.97. The third-order valence-electron chi connectivity index (χ3n) is 2.05. The molecule has 4 heteroatoms. The molecule has 78 valence electrons. The van der Waals surface area contributed by atoms with E-state index in [2.05, 4.69) is 20.9 Å². The molecule has 0 N–H and O–H groups in total. The van der Waals surface area contributed by atoms with Gasteiger partial charge in [0, 0.05) is 17.1 Å². The molecule has 0 radical (unpaired) electrons. The highest BCUT2D eigenvalue weighted by Crippen LogP contribution is 2.16. The maximum Gasteiger partial charge on any atom is 0.175 e. The molecule has 0 amide bonds. The van der Waals surface area contributed by atoms with Crippen molar-refractivity contribution in [3.05, 3.63) is 42.1 Å². The molecule has 0 bridgehead atoms. The predicted octanol–water partition coefficient (Wildman–Crippen LogP) is 3.23. The van der Waals surface area contributed by atoms with Gasteiger partial charge in [-0.1, -0.05) is 34.1 Å². The second-order valence-corrected chi connectivity index (χ2v) is 3.50. The number of rotatable bonds is 2. The standard InChI is InChI=1S/C11H8BrNO.ClH/c12-7-10(14)9-5-1-3-8-4-2-6-13-11(8)9;/h1-6H,7H2;1H. The first-order valence-corrected chi connectivity index (χ1v) is 5.38. The van der Waals surface area contributed by atoms with Gasteiger partial charge in [-0.25, -0.2) is 0 Å². The number of aromatic nitrogens is 1. The molecule has 0 fully saturated rings. The van der Waals surface area contributed by atoms with Gasteiger partial charge in [0.2, 0.25) is 0 Å². The quantitative estimate of drug-likeness (QED) is 0.627. The summed E-state index contributed by atoms with van der Waals surface area (Å²) in [6, 6.07) is 9.45. The van der Waals surface area contributed by atoms with Crippen molar-refractivity contribution >= 4 is 45.0 Å². The van der Waals surface area contributed by atoms with E-state index in [1.807, 2.05) is 24.3 Å². The smallest absolute Gasteiger partial charge is 0.175 e. The fourth-order valence-corrected chi connectivity index (χ4v) is 1.70. The topological polar surface area (TPSA) is 30.0 Å². The van der Waals surface area contributed by atoms with E-state index in [0.29, 0.717) is 10.9 Å². The van der Waals surface area contributed by atoms with Crippen molar-refractivity contribution in [2.75, 3.05) is 5.33 Å². The van der Waals surface area contributed by atoms with E-state index >= 15 is 0 Å². The van der Waals surface area contributed by atoms with Crippen LogP contribution in [0.5, 0.6) is 0 Å². The average molecular weight is 287 g/mol. The van der Waals surface area contributed by atoms with Crippen molar-refractivity contribution in [3.63, 3.8) is 0 Å². The van der Waals surface area contributed by atoms with E-state index in [9.17, 15) is 4.79 Å². The van der Waals surface area contributed by atoms with Gasteiger partial charge in [-0.2, -0.15) is 0 Å². The second kappa shape index (κ2) is 5.24. The Hall–Kier alpha value is -0.930. The fraction of sp³-hybridized carbons (Fsp3) is 0.0909. The number of halogens is 2. The molecule has 0 saturated heterocycles. The Morgan fingerprint density at radius 1 is 1.27 bits per heavy atom. The van der Waals surface area contributed by atoms with Crippen molar-refractivity contribution in [1.29, 1.82) is 0 Å². The van der Waals surface area contributed by atoms with E-state index in [0.717, 1.165) is 10.9 Å². The van der Waals surface area contributed by atoms with E-state index < -0.39 is 0 Å². The first kappa shape index (κ1) is 12.1. The Kier molecular flexibility index (Phi) is 4.24. The van der Waals surface area contributed by atoms with Gasteiger partial charge < -0.3 is 0 Å². The van der Waals surface area contributed by atoms with Crippen molar-refractivity contribution in [2.45, 2.75) is 0 Å².